The summed E-state index contributed by atoms with van der Waals surface area (Å²) in [7, 11) is -3.51. The average Bonchev–Trinajstić information content (AvgIpc) is 3.31. The van der Waals surface area contributed by atoms with Gasteiger partial charge in [-0.15, -0.1) is 11.3 Å². The van der Waals surface area contributed by atoms with Gasteiger partial charge in [-0.05, 0) is 45.2 Å². The first kappa shape index (κ1) is 18.1. The third kappa shape index (κ3) is 3.71. The predicted octanol–water partition coefficient (Wildman–Crippen LogP) is 3.45. The summed E-state index contributed by atoms with van der Waals surface area (Å²) in [5, 5.41) is 2.63. The van der Waals surface area contributed by atoms with Crippen molar-refractivity contribution in [2.75, 3.05) is 26.2 Å². The molecule has 4 rings (SSSR count). The molecule has 0 saturated carbocycles. The van der Waals surface area contributed by atoms with E-state index in [9.17, 15) is 8.42 Å². The summed E-state index contributed by atoms with van der Waals surface area (Å²) in [5.41, 5.74) is 0.962. The summed E-state index contributed by atoms with van der Waals surface area (Å²) in [5.74, 6) is 0. The fourth-order valence-corrected chi connectivity index (χ4v) is 6.55. The van der Waals surface area contributed by atoms with Crippen molar-refractivity contribution in [3.63, 3.8) is 0 Å². The summed E-state index contributed by atoms with van der Waals surface area (Å²) >= 11 is 1.39. The molecule has 1 aromatic carbocycles. The zero-order chi connectivity index (χ0) is 18.0. The van der Waals surface area contributed by atoms with Crippen LogP contribution in [0.3, 0.4) is 0 Å². The van der Waals surface area contributed by atoms with Crippen molar-refractivity contribution in [1.29, 1.82) is 0 Å². The summed E-state index contributed by atoms with van der Waals surface area (Å²) in [4.78, 5) is 6.98. The number of likely N-dealkylation sites (tertiary alicyclic amines) is 1. The summed E-state index contributed by atoms with van der Waals surface area (Å²) in [6, 6.07) is 10.3. The van der Waals surface area contributed by atoms with E-state index in [2.05, 4.69) is 9.88 Å². The highest BCUT2D eigenvalue weighted by Crippen LogP contribution is 2.29. The van der Waals surface area contributed by atoms with Crippen molar-refractivity contribution in [3.8, 4) is 10.6 Å². The molecule has 7 heteroatoms. The normalized spacial score (nSPS) is 23.2. The molecule has 3 heterocycles. The van der Waals surface area contributed by atoms with E-state index in [1.54, 1.807) is 9.69 Å². The van der Waals surface area contributed by atoms with Crippen molar-refractivity contribution in [1.82, 2.24) is 14.2 Å². The average molecular weight is 392 g/mol. The van der Waals surface area contributed by atoms with E-state index in [0.29, 0.717) is 19.1 Å². The topological polar surface area (TPSA) is 53.5 Å². The second-order valence-electron chi connectivity index (χ2n) is 7.09. The van der Waals surface area contributed by atoms with Gasteiger partial charge >= 0.3 is 0 Å². The van der Waals surface area contributed by atoms with Gasteiger partial charge in [0.2, 0.25) is 0 Å². The van der Waals surface area contributed by atoms with E-state index in [1.807, 2.05) is 30.3 Å². The molecule has 0 spiro atoms. The maximum Gasteiger partial charge on any atom is 0.261 e. The van der Waals surface area contributed by atoms with Crippen LogP contribution in [-0.4, -0.2) is 54.8 Å². The highest BCUT2D eigenvalue weighted by Gasteiger charge is 2.31. The number of aromatic nitrogens is 1. The van der Waals surface area contributed by atoms with Crippen molar-refractivity contribution in [3.05, 3.63) is 35.7 Å². The Labute approximate surface area is 159 Å². The van der Waals surface area contributed by atoms with Gasteiger partial charge in [0, 0.05) is 30.1 Å². The van der Waals surface area contributed by atoms with Gasteiger partial charge in [-0.2, -0.15) is 4.31 Å². The Morgan fingerprint density at radius 3 is 2.50 bits per heavy atom. The molecule has 140 valence electrons. The van der Waals surface area contributed by atoms with Gasteiger partial charge in [0.25, 0.3) is 10.0 Å². The number of hydrogen-bond acceptors (Lipinski definition) is 5. The Hall–Kier alpha value is -1.28. The molecule has 2 saturated heterocycles. The van der Waals surface area contributed by atoms with E-state index in [4.69, 9.17) is 0 Å². The zero-order valence-electron chi connectivity index (χ0n) is 14.9. The van der Waals surface area contributed by atoms with Gasteiger partial charge in [-0.1, -0.05) is 30.3 Å². The molecule has 0 bridgehead atoms. The molecule has 2 aliphatic rings. The van der Waals surface area contributed by atoms with Crippen LogP contribution in [0.5, 0.6) is 0 Å². The summed E-state index contributed by atoms with van der Waals surface area (Å²) in [6.45, 7) is 3.54. The number of thiazole rings is 1. The van der Waals surface area contributed by atoms with Crippen LogP contribution in [0.25, 0.3) is 10.6 Å². The van der Waals surface area contributed by atoms with Crippen LogP contribution in [0, 0.1) is 0 Å². The number of benzene rings is 1. The maximum atomic E-state index is 13.1. The summed E-state index contributed by atoms with van der Waals surface area (Å²) in [6.07, 6.45) is 5.50. The highest BCUT2D eigenvalue weighted by atomic mass is 32.2. The second-order valence-corrected chi connectivity index (χ2v) is 9.83. The molecule has 0 radical (unpaired) electrons. The zero-order valence-corrected chi connectivity index (χ0v) is 16.5. The number of hydrogen-bond donors (Lipinski definition) is 0. The number of sulfonamides is 1. The Morgan fingerprint density at radius 2 is 1.73 bits per heavy atom. The van der Waals surface area contributed by atoms with E-state index < -0.39 is 10.0 Å². The van der Waals surface area contributed by atoms with Crippen LogP contribution in [0.1, 0.15) is 32.1 Å². The predicted molar refractivity (Wildman–Crippen MR) is 105 cm³/mol. The van der Waals surface area contributed by atoms with Gasteiger partial charge in [-0.3, -0.25) is 0 Å². The van der Waals surface area contributed by atoms with Gasteiger partial charge < -0.3 is 4.90 Å². The number of nitrogens with zero attached hydrogens (tertiary/aromatic N) is 3. The van der Waals surface area contributed by atoms with E-state index in [-0.39, 0.29) is 5.03 Å². The maximum absolute atomic E-state index is 13.1. The van der Waals surface area contributed by atoms with Gasteiger partial charge in [0.05, 0.1) is 0 Å². The van der Waals surface area contributed by atoms with E-state index in [0.717, 1.165) is 29.8 Å². The molecule has 0 amide bonds. The first-order valence-corrected chi connectivity index (χ1v) is 11.7. The smallest absolute Gasteiger partial charge is 0.261 e. The molecule has 1 aromatic heterocycles. The van der Waals surface area contributed by atoms with Crippen molar-refractivity contribution >= 4 is 21.4 Å². The van der Waals surface area contributed by atoms with Crippen molar-refractivity contribution < 1.29 is 8.42 Å². The van der Waals surface area contributed by atoms with Crippen LogP contribution in [0.2, 0.25) is 0 Å². The first-order valence-electron chi connectivity index (χ1n) is 9.40. The van der Waals surface area contributed by atoms with E-state index in [1.165, 1.54) is 37.3 Å². The SMILES string of the molecule is O=S(=O)(c1csc(-c2ccccc2)n1)N1CCCC(N2CCCC2)CC1. The monoisotopic (exact) mass is 391 g/mol. The molecule has 2 aromatic rings. The minimum Gasteiger partial charge on any atom is -0.300 e. The van der Waals surface area contributed by atoms with Crippen molar-refractivity contribution in [2.45, 2.75) is 43.2 Å². The molecule has 1 atom stereocenters. The lowest BCUT2D eigenvalue weighted by atomic mass is 10.1. The summed E-state index contributed by atoms with van der Waals surface area (Å²) < 4.78 is 27.8. The Morgan fingerprint density at radius 1 is 0.962 bits per heavy atom. The first-order chi connectivity index (χ1) is 12.6. The number of rotatable bonds is 4. The molecular weight excluding hydrogens is 366 g/mol. The van der Waals surface area contributed by atoms with Crippen LogP contribution in [0.4, 0.5) is 0 Å². The fourth-order valence-electron chi connectivity index (χ4n) is 3.99. The van der Waals surface area contributed by atoms with E-state index >= 15 is 0 Å². The van der Waals surface area contributed by atoms with Crippen LogP contribution in [-0.2, 0) is 10.0 Å². The molecule has 1 unspecified atom stereocenters. The lowest BCUT2D eigenvalue weighted by Crippen LogP contribution is -2.35. The van der Waals surface area contributed by atoms with Crippen LogP contribution in [0.15, 0.2) is 40.7 Å². The largest absolute Gasteiger partial charge is 0.300 e. The minimum absolute atomic E-state index is 0.195. The Kier molecular flexibility index (Phi) is 5.40. The lowest BCUT2D eigenvalue weighted by Gasteiger charge is -2.26. The van der Waals surface area contributed by atoms with Crippen molar-refractivity contribution in [2.24, 2.45) is 0 Å². The molecule has 2 aliphatic heterocycles. The van der Waals surface area contributed by atoms with Crippen LogP contribution >= 0.6 is 11.3 Å². The van der Waals surface area contributed by atoms with Gasteiger partial charge in [-0.25, -0.2) is 13.4 Å². The quantitative estimate of drug-likeness (QED) is 0.801. The third-order valence-corrected chi connectivity index (χ3v) is 8.24. The Balaban J connectivity index is 1.49. The standard InChI is InChI=1S/C19H25N3O2S2/c23-26(24,18-15-25-19(20-18)16-7-2-1-3-8-16)22-13-6-9-17(10-14-22)21-11-4-5-12-21/h1-3,7-8,15,17H,4-6,9-14H2. The highest BCUT2D eigenvalue weighted by molar-refractivity contribution is 7.89. The molecular formula is C19H25N3O2S2. The molecule has 0 N–H and O–H groups in total. The minimum atomic E-state index is -3.51. The molecule has 2 fully saturated rings. The van der Waals surface area contributed by atoms with Gasteiger partial charge in [0.1, 0.15) is 5.01 Å². The molecule has 26 heavy (non-hydrogen) atoms. The second kappa shape index (κ2) is 7.76. The molecule has 0 aliphatic carbocycles. The Bertz CT molecular complexity index is 829. The van der Waals surface area contributed by atoms with Crippen LogP contribution < -0.4 is 0 Å². The fraction of sp³-hybridized carbons (Fsp3) is 0.526. The lowest BCUT2D eigenvalue weighted by molar-refractivity contribution is 0.223. The van der Waals surface area contributed by atoms with Gasteiger partial charge in [0.15, 0.2) is 5.03 Å². The third-order valence-electron chi connectivity index (χ3n) is 5.42. The molecule has 5 nitrogen and oxygen atoms in total.